The maximum absolute atomic E-state index is 6.22. The molecule has 5 heteroatoms. The van der Waals surface area contributed by atoms with Crippen LogP contribution in [-0.4, -0.2) is 13.7 Å². The first-order valence-electron chi connectivity index (χ1n) is 6.47. The number of methoxy groups -OCH3 is 1. The van der Waals surface area contributed by atoms with Crippen LogP contribution in [0.5, 0.6) is 5.75 Å². The Morgan fingerprint density at radius 3 is 2.75 bits per heavy atom. The van der Waals surface area contributed by atoms with Crippen molar-refractivity contribution in [2.75, 3.05) is 13.7 Å². The largest absolute Gasteiger partial charge is 0.495 e. The Morgan fingerprint density at radius 2 is 2.20 bits per heavy atom. The summed E-state index contributed by atoms with van der Waals surface area (Å²) in [6.45, 7) is 3.04. The molecule has 1 aromatic carbocycles. The van der Waals surface area contributed by atoms with E-state index in [0.717, 1.165) is 28.8 Å². The van der Waals surface area contributed by atoms with Gasteiger partial charge >= 0.3 is 0 Å². The van der Waals surface area contributed by atoms with E-state index >= 15 is 0 Å². The smallest absolute Gasteiger partial charge is 0.174 e. The van der Waals surface area contributed by atoms with Crippen LogP contribution in [0, 0.1) is 0 Å². The van der Waals surface area contributed by atoms with E-state index in [1.165, 1.54) is 0 Å². The lowest BCUT2D eigenvalue weighted by atomic mass is 10.0. The Balaban J connectivity index is 2.36. The van der Waals surface area contributed by atoms with Gasteiger partial charge in [0, 0.05) is 5.56 Å². The zero-order valence-electron chi connectivity index (χ0n) is 11.5. The second-order valence-electron chi connectivity index (χ2n) is 4.43. The molecule has 0 bridgehead atoms. The number of rotatable bonds is 6. The minimum absolute atomic E-state index is 0.0338. The van der Waals surface area contributed by atoms with Crippen LogP contribution in [0.15, 0.2) is 39.6 Å². The molecule has 1 aromatic heterocycles. The molecule has 0 amide bonds. The van der Waals surface area contributed by atoms with E-state index in [-0.39, 0.29) is 6.04 Å². The average Bonchev–Trinajstić information content (AvgIpc) is 2.86. The third-order valence-corrected chi connectivity index (χ3v) is 4.00. The van der Waals surface area contributed by atoms with Gasteiger partial charge in [-0.05, 0) is 52.7 Å². The summed E-state index contributed by atoms with van der Waals surface area (Å²) in [6.07, 6.45) is 2.72. The molecule has 1 atom stereocenters. The quantitative estimate of drug-likeness (QED) is 0.806. The van der Waals surface area contributed by atoms with Gasteiger partial charge in [0.15, 0.2) is 4.67 Å². The Kier molecular flexibility index (Phi) is 5.52. The molecule has 2 aromatic rings. The predicted octanol–water partition coefficient (Wildman–Crippen LogP) is 4.79. The molecule has 20 heavy (non-hydrogen) atoms. The van der Waals surface area contributed by atoms with E-state index in [4.69, 9.17) is 20.8 Å². The average molecular weight is 359 g/mol. The summed E-state index contributed by atoms with van der Waals surface area (Å²) in [5.74, 6) is 0.677. The van der Waals surface area contributed by atoms with Gasteiger partial charge in [-0.2, -0.15) is 0 Å². The molecule has 0 spiro atoms. The van der Waals surface area contributed by atoms with Crippen LogP contribution < -0.4 is 10.1 Å². The molecule has 2 rings (SSSR count). The van der Waals surface area contributed by atoms with Crippen LogP contribution in [0.25, 0.3) is 0 Å². The minimum Gasteiger partial charge on any atom is -0.495 e. The summed E-state index contributed by atoms with van der Waals surface area (Å²) in [5.41, 5.74) is 2.13. The van der Waals surface area contributed by atoms with Crippen molar-refractivity contribution in [1.82, 2.24) is 5.32 Å². The van der Waals surface area contributed by atoms with Gasteiger partial charge in [-0.1, -0.05) is 24.6 Å². The van der Waals surface area contributed by atoms with E-state index in [9.17, 15) is 0 Å². The predicted molar refractivity (Wildman–Crippen MR) is 84.5 cm³/mol. The number of hydrogen-bond donors (Lipinski definition) is 1. The summed E-state index contributed by atoms with van der Waals surface area (Å²) >= 11 is 9.66. The minimum atomic E-state index is 0.0338. The zero-order valence-corrected chi connectivity index (χ0v) is 13.8. The lowest BCUT2D eigenvalue weighted by Gasteiger charge is -2.19. The summed E-state index contributed by atoms with van der Waals surface area (Å²) in [6, 6.07) is 7.80. The summed E-state index contributed by atoms with van der Waals surface area (Å²) in [4.78, 5) is 0. The van der Waals surface area contributed by atoms with Gasteiger partial charge in [0.1, 0.15) is 5.75 Å². The molecular weight excluding hydrogens is 342 g/mol. The Bertz CT molecular complexity index is 571. The number of hydrogen-bond acceptors (Lipinski definition) is 3. The molecule has 3 nitrogen and oxygen atoms in total. The highest BCUT2D eigenvalue weighted by Crippen LogP contribution is 2.33. The number of halogens is 2. The van der Waals surface area contributed by atoms with E-state index in [1.807, 2.05) is 24.3 Å². The first kappa shape index (κ1) is 15.4. The highest BCUT2D eigenvalue weighted by molar-refractivity contribution is 9.10. The second-order valence-corrected chi connectivity index (χ2v) is 5.56. The molecule has 0 radical (unpaired) electrons. The number of ether oxygens (including phenoxy) is 1. The van der Waals surface area contributed by atoms with Crippen molar-refractivity contribution in [2.24, 2.45) is 0 Å². The molecule has 0 aliphatic carbocycles. The van der Waals surface area contributed by atoms with Gasteiger partial charge in [0.05, 0.1) is 24.4 Å². The van der Waals surface area contributed by atoms with Gasteiger partial charge < -0.3 is 14.5 Å². The SMILES string of the molecule is CCCNC(c1ccc(OC)c(Cl)c1)c1ccoc1Br. The van der Waals surface area contributed by atoms with Gasteiger partial charge in [0.2, 0.25) is 0 Å². The van der Waals surface area contributed by atoms with Crippen molar-refractivity contribution < 1.29 is 9.15 Å². The van der Waals surface area contributed by atoms with Crippen LogP contribution >= 0.6 is 27.5 Å². The van der Waals surface area contributed by atoms with Crippen LogP contribution in [0.4, 0.5) is 0 Å². The van der Waals surface area contributed by atoms with Crippen LogP contribution in [0.2, 0.25) is 5.02 Å². The van der Waals surface area contributed by atoms with Crippen molar-refractivity contribution in [2.45, 2.75) is 19.4 Å². The van der Waals surface area contributed by atoms with Crippen molar-refractivity contribution >= 4 is 27.5 Å². The summed E-state index contributed by atoms with van der Waals surface area (Å²) in [7, 11) is 1.61. The second kappa shape index (κ2) is 7.16. The number of nitrogens with one attached hydrogen (secondary N) is 1. The molecule has 1 heterocycles. The molecule has 0 saturated heterocycles. The highest BCUT2D eigenvalue weighted by Gasteiger charge is 2.19. The Labute approximate surface area is 132 Å². The normalized spacial score (nSPS) is 12.4. The highest BCUT2D eigenvalue weighted by atomic mass is 79.9. The first-order valence-corrected chi connectivity index (χ1v) is 7.64. The molecule has 108 valence electrons. The third kappa shape index (κ3) is 3.37. The monoisotopic (exact) mass is 357 g/mol. The van der Waals surface area contributed by atoms with Gasteiger partial charge in [-0.3, -0.25) is 0 Å². The Morgan fingerprint density at radius 1 is 1.40 bits per heavy atom. The first-order chi connectivity index (χ1) is 9.67. The fraction of sp³-hybridized carbons (Fsp3) is 0.333. The van der Waals surface area contributed by atoms with Gasteiger partial charge in [0.25, 0.3) is 0 Å². The standard InChI is InChI=1S/C15H17BrClNO2/c1-3-7-18-14(11-6-8-20-15(11)16)10-4-5-13(19-2)12(17)9-10/h4-6,8-9,14,18H,3,7H2,1-2H3. The molecular formula is C15H17BrClNO2. The lowest BCUT2D eigenvalue weighted by Crippen LogP contribution is -2.23. The topological polar surface area (TPSA) is 34.4 Å². The fourth-order valence-electron chi connectivity index (χ4n) is 2.07. The van der Waals surface area contributed by atoms with E-state index in [2.05, 4.69) is 28.2 Å². The third-order valence-electron chi connectivity index (χ3n) is 3.06. The lowest BCUT2D eigenvalue weighted by molar-refractivity contribution is 0.414. The summed E-state index contributed by atoms with van der Waals surface area (Å²) < 4.78 is 11.3. The molecule has 1 N–H and O–H groups in total. The van der Waals surface area contributed by atoms with E-state index in [1.54, 1.807) is 13.4 Å². The maximum Gasteiger partial charge on any atom is 0.174 e. The van der Waals surface area contributed by atoms with Crippen molar-refractivity contribution in [3.63, 3.8) is 0 Å². The van der Waals surface area contributed by atoms with Crippen molar-refractivity contribution in [3.8, 4) is 5.75 Å². The number of benzene rings is 1. The Hall–Kier alpha value is -0.970. The molecule has 0 saturated carbocycles. The van der Waals surface area contributed by atoms with Gasteiger partial charge in [-0.15, -0.1) is 0 Å². The van der Waals surface area contributed by atoms with Crippen molar-refractivity contribution in [1.29, 1.82) is 0 Å². The summed E-state index contributed by atoms with van der Waals surface area (Å²) in [5, 5.41) is 4.11. The fourth-order valence-corrected chi connectivity index (χ4v) is 2.80. The van der Waals surface area contributed by atoms with Crippen LogP contribution in [0.1, 0.15) is 30.5 Å². The molecule has 1 unspecified atom stereocenters. The van der Waals surface area contributed by atoms with Crippen LogP contribution in [0.3, 0.4) is 0 Å². The van der Waals surface area contributed by atoms with E-state index in [0.29, 0.717) is 10.8 Å². The van der Waals surface area contributed by atoms with Crippen molar-refractivity contribution in [3.05, 3.63) is 51.3 Å². The molecule has 0 aliphatic rings. The van der Waals surface area contributed by atoms with E-state index < -0.39 is 0 Å². The molecule has 0 aliphatic heterocycles. The molecule has 0 fully saturated rings. The number of furan rings is 1. The van der Waals surface area contributed by atoms with Crippen LogP contribution in [-0.2, 0) is 0 Å². The van der Waals surface area contributed by atoms with Gasteiger partial charge in [-0.25, -0.2) is 0 Å². The maximum atomic E-state index is 6.22. The zero-order chi connectivity index (χ0) is 14.5.